The van der Waals surface area contributed by atoms with Crippen molar-refractivity contribution in [2.45, 2.75) is 92.9 Å². The van der Waals surface area contributed by atoms with E-state index in [1.165, 1.54) is 6.07 Å². The van der Waals surface area contributed by atoms with Gasteiger partial charge in [0.25, 0.3) is 0 Å². The lowest BCUT2D eigenvalue weighted by molar-refractivity contribution is 0.0650. The molecule has 0 bridgehead atoms. The maximum atomic E-state index is 11.9. The molecule has 1 rings (SSSR count). The summed E-state index contributed by atoms with van der Waals surface area (Å²) in [6.07, 6.45) is 7.53. The highest BCUT2D eigenvalue weighted by molar-refractivity contribution is 6.03. The van der Waals surface area contributed by atoms with Crippen molar-refractivity contribution in [3.63, 3.8) is 0 Å². The van der Waals surface area contributed by atoms with Gasteiger partial charge in [0.1, 0.15) is 0 Å². The second kappa shape index (κ2) is 10.1. The van der Waals surface area contributed by atoms with E-state index in [-0.39, 0.29) is 22.0 Å². The molecule has 28 heavy (non-hydrogen) atoms. The molecule has 1 aromatic rings. The molecule has 0 heterocycles. The summed E-state index contributed by atoms with van der Waals surface area (Å²) in [5.74, 6) is -2.31. The average molecular weight is 391 g/mol. The predicted octanol–water partition coefficient (Wildman–Crippen LogP) is 6.60. The molecule has 0 spiro atoms. The maximum Gasteiger partial charge on any atom is 0.336 e. The highest BCUT2D eigenvalue weighted by Gasteiger charge is 2.23. The fourth-order valence-electron chi connectivity index (χ4n) is 3.56. The molecule has 0 fully saturated rings. The second-order valence-electron chi connectivity index (χ2n) is 10.3. The van der Waals surface area contributed by atoms with Crippen molar-refractivity contribution >= 4 is 11.9 Å². The van der Waals surface area contributed by atoms with Crippen LogP contribution in [-0.2, 0) is 12.8 Å². The smallest absolute Gasteiger partial charge is 0.336 e. The third-order valence-electron chi connectivity index (χ3n) is 5.08. The first-order chi connectivity index (χ1) is 12.8. The molecule has 0 saturated heterocycles. The van der Waals surface area contributed by atoms with Gasteiger partial charge in [0.15, 0.2) is 0 Å². The van der Waals surface area contributed by atoms with Crippen LogP contribution in [0.4, 0.5) is 0 Å². The number of carboxylic acid groups (broad SMARTS) is 2. The summed E-state index contributed by atoms with van der Waals surface area (Å²) >= 11 is 0. The number of aromatic carboxylic acids is 2. The van der Waals surface area contributed by atoms with Crippen molar-refractivity contribution < 1.29 is 19.8 Å². The predicted molar refractivity (Wildman–Crippen MR) is 114 cm³/mol. The lowest BCUT2D eigenvalue weighted by atomic mass is 9.85. The van der Waals surface area contributed by atoms with E-state index in [9.17, 15) is 19.8 Å². The molecule has 0 radical (unpaired) electrons. The zero-order valence-corrected chi connectivity index (χ0v) is 18.5. The second-order valence-corrected chi connectivity index (χ2v) is 10.3. The molecule has 0 aliphatic rings. The van der Waals surface area contributed by atoms with Gasteiger partial charge in [-0.1, -0.05) is 60.5 Å². The van der Waals surface area contributed by atoms with Crippen LogP contribution >= 0.6 is 0 Å². The normalized spacial score (nSPS) is 12.2. The zero-order valence-electron chi connectivity index (χ0n) is 18.5. The van der Waals surface area contributed by atoms with Crippen LogP contribution in [0, 0.1) is 10.8 Å². The van der Waals surface area contributed by atoms with Crippen molar-refractivity contribution in [2.24, 2.45) is 10.8 Å². The number of carbonyl (C=O) groups is 2. The third-order valence-corrected chi connectivity index (χ3v) is 5.08. The monoisotopic (exact) mass is 390 g/mol. The van der Waals surface area contributed by atoms with Crippen molar-refractivity contribution in [3.05, 3.63) is 34.4 Å². The van der Waals surface area contributed by atoms with Crippen LogP contribution in [0.25, 0.3) is 0 Å². The van der Waals surface area contributed by atoms with Gasteiger partial charge in [0.2, 0.25) is 0 Å². The molecule has 0 aliphatic carbocycles. The zero-order chi connectivity index (χ0) is 21.5. The summed E-state index contributed by atoms with van der Waals surface area (Å²) in [5.41, 5.74) is 2.13. The first-order valence-electron chi connectivity index (χ1n) is 10.4. The quantitative estimate of drug-likeness (QED) is 0.441. The van der Waals surface area contributed by atoms with E-state index in [2.05, 4.69) is 41.5 Å². The molecule has 0 aliphatic heterocycles. The van der Waals surface area contributed by atoms with Crippen molar-refractivity contribution in [1.29, 1.82) is 0 Å². The molecule has 0 unspecified atom stereocenters. The molecule has 0 amide bonds. The van der Waals surface area contributed by atoms with Crippen LogP contribution in [0.3, 0.4) is 0 Å². The van der Waals surface area contributed by atoms with Gasteiger partial charge in [-0.3, -0.25) is 0 Å². The fourth-order valence-corrected chi connectivity index (χ4v) is 3.56. The lowest BCUT2D eigenvalue weighted by Crippen LogP contribution is -2.14. The van der Waals surface area contributed by atoms with Crippen molar-refractivity contribution in [2.75, 3.05) is 0 Å². The van der Waals surface area contributed by atoms with Gasteiger partial charge in [-0.25, -0.2) is 9.59 Å². The number of hydrogen-bond donors (Lipinski definition) is 2. The van der Waals surface area contributed by atoms with Crippen LogP contribution in [0.15, 0.2) is 12.1 Å². The highest BCUT2D eigenvalue weighted by Crippen LogP contribution is 2.28. The van der Waals surface area contributed by atoms with Gasteiger partial charge in [0, 0.05) is 0 Å². The maximum absolute atomic E-state index is 11.9. The van der Waals surface area contributed by atoms with Gasteiger partial charge in [-0.05, 0) is 66.5 Å². The molecule has 4 nitrogen and oxygen atoms in total. The first kappa shape index (κ1) is 24.2. The van der Waals surface area contributed by atoms with Crippen LogP contribution in [0.1, 0.15) is 112 Å². The topological polar surface area (TPSA) is 74.6 Å². The SMILES string of the molecule is CC(C)(C)CCCCc1ccc(C(=O)O)c(C(=O)O)c1CCCCC(C)(C)C. The Morgan fingerprint density at radius 2 is 1.25 bits per heavy atom. The van der Waals surface area contributed by atoms with Gasteiger partial charge >= 0.3 is 11.9 Å². The Bertz CT molecular complexity index is 675. The van der Waals surface area contributed by atoms with Crippen LogP contribution in [-0.4, -0.2) is 22.2 Å². The minimum Gasteiger partial charge on any atom is -0.478 e. The molecule has 0 aromatic heterocycles. The third kappa shape index (κ3) is 8.45. The number of benzene rings is 1. The minimum absolute atomic E-state index is 0.0171. The Morgan fingerprint density at radius 1 is 0.750 bits per heavy atom. The van der Waals surface area contributed by atoms with E-state index >= 15 is 0 Å². The molecule has 2 N–H and O–H groups in total. The number of hydrogen-bond acceptors (Lipinski definition) is 2. The lowest BCUT2D eigenvalue weighted by Gasteiger charge is -2.20. The summed E-state index contributed by atoms with van der Waals surface area (Å²) in [6, 6.07) is 3.29. The number of aryl methyl sites for hydroxylation is 1. The Labute approximate surface area is 170 Å². The number of rotatable bonds is 10. The van der Waals surface area contributed by atoms with Crippen LogP contribution in [0.5, 0.6) is 0 Å². The van der Waals surface area contributed by atoms with E-state index in [1.807, 2.05) is 6.07 Å². The van der Waals surface area contributed by atoms with Gasteiger partial charge in [0.05, 0.1) is 11.1 Å². The largest absolute Gasteiger partial charge is 0.478 e. The fraction of sp³-hybridized carbons (Fsp3) is 0.667. The first-order valence-corrected chi connectivity index (χ1v) is 10.4. The molecular weight excluding hydrogens is 352 g/mol. The summed E-state index contributed by atoms with van der Waals surface area (Å²) in [5, 5.41) is 19.2. The average Bonchev–Trinajstić information content (AvgIpc) is 2.53. The van der Waals surface area contributed by atoms with Crippen LogP contribution in [0.2, 0.25) is 0 Å². The van der Waals surface area contributed by atoms with Gasteiger partial charge in [-0.2, -0.15) is 0 Å². The molecule has 1 aromatic carbocycles. The van der Waals surface area contributed by atoms with Crippen LogP contribution < -0.4 is 0 Å². The van der Waals surface area contributed by atoms with Gasteiger partial charge in [-0.15, -0.1) is 0 Å². The molecular formula is C24H38O4. The Balaban J connectivity index is 3.04. The van der Waals surface area contributed by atoms with E-state index in [0.29, 0.717) is 6.42 Å². The van der Waals surface area contributed by atoms with E-state index in [4.69, 9.17) is 0 Å². The summed E-state index contributed by atoms with van der Waals surface area (Å²) < 4.78 is 0. The van der Waals surface area contributed by atoms with E-state index in [1.54, 1.807) is 0 Å². The standard InChI is InChI=1S/C24H38O4/c1-23(2,3)15-9-7-11-17-13-14-19(21(25)26)20(22(27)28)18(17)12-8-10-16-24(4,5)6/h13-14H,7-12,15-16H2,1-6H3,(H,25,26)(H,27,28). The number of unbranched alkanes of at least 4 members (excludes halogenated alkanes) is 2. The summed E-state index contributed by atoms with van der Waals surface area (Å²) in [4.78, 5) is 23.4. The van der Waals surface area contributed by atoms with Gasteiger partial charge < -0.3 is 10.2 Å². The highest BCUT2D eigenvalue weighted by atomic mass is 16.4. The van der Waals surface area contributed by atoms with E-state index < -0.39 is 11.9 Å². The molecule has 4 heteroatoms. The Morgan fingerprint density at radius 3 is 1.68 bits per heavy atom. The van der Waals surface area contributed by atoms with Crippen molar-refractivity contribution in [1.82, 2.24) is 0 Å². The molecule has 0 saturated carbocycles. The molecule has 0 atom stereocenters. The van der Waals surface area contributed by atoms with E-state index in [0.717, 1.165) is 56.1 Å². The Kier molecular flexibility index (Phi) is 8.72. The summed E-state index contributed by atoms with van der Waals surface area (Å²) in [7, 11) is 0. The summed E-state index contributed by atoms with van der Waals surface area (Å²) in [6.45, 7) is 13.2. The Hall–Kier alpha value is -1.84. The number of carboxylic acids is 2. The minimum atomic E-state index is -1.17. The van der Waals surface area contributed by atoms with Crippen molar-refractivity contribution in [3.8, 4) is 0 Å². The molecule has 158 valence electrons.